The number of carbonyl (C=O) groups is 1. The van der Waals surface area contributed by atoms with Crippen LogP contribution in [0.2, 0.25) is 0 Å². The molecule has 0 aliphatic rings. The predicted octanol–water partition coefficient (Wildman–Crippen LogP) is 2.06. The van der Waals surface area contributed by atoms with E-state index in [4.69, 9.17) is 16.3 Å². The van der Waals surface area contributed by atoms with Crippen LogP contribution in [0.4, 0.5) is 4.39 Å². The Morgan fingerprint density at radius 3 is 2.90 bits per heavy atom. The van der Waals surface area contributed by atoms with Crippen molar-refractivity contribution in [2.75, 3.05) is 13.7 Å². The number of halogens is 2. The van der Waals surface area contributed by atoms with Crippen LogP contribution in [0.25, 0.3) is 11.0 Å². The zero-order valence-electron chi connectivity index (χ0n) is 11.2. The molecule has 0 aliphatic heterocycles. The first-order valence-corrected chi connectivity index (χ1v) is 6.63. The minimum atomic E-state index is -0.465. The summed E-state index contributed by atoms with van der Waals surface area (Å²) < 4.78 is 20.5. The Balaban J connectivity index is 2.41. The van der Waals surface area contributed by atoms with Gasteiger partial charge in [0.2, 0.25) is 5.91 Å². The third-order valence-corrected chi connectivity index (χ3v) is 3.17. The number of ether oxygens (including phenoxy) is 1. The molecule has 108 valence electrons. The summed E-state index contributed by atoms with van der Waals surface area (Å²) in [4.78, 5) is 15.2. The van der Waals surface area contributed by atoms with Crippen molar-refractivity contribution in [3.63, 3.8) is 0 Å². The molecule has 1 aromatic carbocycles. The molecule has 20 heavy (non-hydrogen) atoms. The van der Waals surface area contributed by atoms with E-state index < -0.39 is 5.82 Å². The maximum absolute atomic E-state index is 13.7. The summed E-state index contributed by atoms with van der Waals surface area (Å²) in [5, 5.41) is 2.70. The van der Waals surface area contributed by atoms with Crippen LogP contribution >= 0.6 is 11.6 Å². The van der Waals surface area contributed by atoms with Gasteiger partial charge in [-0.2, -0.15) is 0 Å². The molecule has 2 rings (SSSR count). The Labute approximate surface area is 120 Å². The average Bonchev–Trinajstić information content (AvgIpc) is 2.74. The standard InChI is InChI=1S/C13H15ClFN3O2/c1-8(19)16-3-4-18-11-6-12(20-2)9(15)5-10(11)17-13(18)7-14/h5-6H,3-4,7H2,1-2H3,(H,16,19). The van der Waals surface area contributed by atoms with Crippen molar-refractivity contribution in [1.29, 1.82) is 0 Å². The first-order chi connectivity index (χ1) is 9.56. The summed E-state index contributed by atoms with van der Waals surface area (Å²) in [5.74, 6) is 0.413. The number of amides is 1. The van der Waals surface area contributed by atoms with Crippen molar-refractivity contribution in [3.05, 3.63) is 23.8 Å². The molecule has 5 nitrogen and oxygen atoms in total. The number of methoxy groups -OCH3 is 1. The van der Waals surface area contributed by atoms with Crippen molar-refractivity contribution < 1.29 is 13.9 Å². The molecule has 1 N–H and O–H groups in total. The summed E-state index contributed by atoms with van der Waals surface area (Å²) in [7, 11) is 1.41. The fraction of sp³-hybridized carbons (Fsp3) is 0.385. The van der Waals surface area contributed by atoms with Crippen molar-refractivity contribution in [2.24, 2.45) is 0 Å². The number of nitrogens with one attached hydrogen (secondary N) is 1. The van der Waals surface area contributed by atoms with Gasteiger partial charge < -0.3 is 14.6 Å². The van der Waals surface area contributed by atoms with Gasteiger partial charge in [-0.1, -0.05) is 0 Å². The van der Waals surface area contributed by atoms with Gasteiger partial charge in [0.05, 0.1) is 24.0 Å². The lowest BCUT2D eigenvalue weighted by Gasteiger charge is -2.09. The van der Waals surface area contributed by atoms with E-state index in [2.05, 4.69) is 10.3 Å². The molecule has 0 spiro atoms. The number of imidazole rings is 1. The highest BCUT2D eigenvalue weighted by Crippen LogP contribution is 2.25. The Kier molecular flexibility index (Phi) is 4.44. The van der Waals surface area contributed by atoms with Crippen LogP contribution in [0.3, 0.4) is 0 Å². The number of benzene rings is 1. The van der Waals surface area contributed by atoms with Crippen LogP contribution in [-0.2, 0) is 17.2 Å². The molecule has 1 heterocycles. The Bertz CT molecular complexity index is 642. The maximum atomic E-state index is 13.7. The first kappa shape index (κ1) is 14.6. The fourth-order valence-electron chi connectivity index (χ4n) is 2.03. The van der Waals surface area contributed by atoms with Gasteiger partial charge in [0, 0.05) is 32.1 Å². The molecule has 0 aliphatic carbocycles. The molecule has 0 saturated heterocycles. The highest BCUT2D eigenvalue weighted by atomic mass is 35.5. The molecule has 0 bridgehead atoms. The molecule has 0 saturated carbocycles. The minimum absolute atomic E-state index is 0.106. The summed E-state index contributed by atoms with van der Waals surface area (Å²) in [6.07, 6.45) is 0. The molecule has 0 fully saturated rings. The van der Waals surface area contributed by atoms with Crippen LogP contribution in [0.1, 0.15) is 12.7 Å². The average molecular weight is 300 g/mol. The normalized spacial score (nSPS) is 10.8. The fourth-order valence-corrected chi connectivity index (χ4v) is 2.23. The third kappa shape index (κ3) is 2.85. The largest absolute Gasteiger partial charge is 0.494 e. The molecule has 0 unspecified atom stereocenters. The number of alkyl halides is 1. The van der Waals surface area contributed by atoms with Crippen LogP contribution in [0, 0.1) is 5.82 Å². The van der Waals surface area contributed by atoms with Gasteiger partial charge in [-0.15, -0.1) is 11.6 Å². The number of fused-ring (bicyclic) bond motifs is 1. The van der Waals surface area contributed by atoms with Crippen molar-refractivity contribution >= 4 is 28.5 Å². The van der Waals surface area contributed by atoms with Gasteiger partial charge in [0.1, 0.15) is 5.82 Å². The van der Waals surface area contributed by atoms with Gasteiger partial charge in [0.15, 0.2) is 11.6 Å². The monoisotopic (exact) mass is 299 g/mol. The molecule has 1 amide bonds. The highest BCUT2D eigenvalue weighted by molar-refractivity contribution is 6.16. The molecular formula is C13H15ClFN3O2. The van der Waals surface area contributed by atoms with E-state index in [0.717, 1.165) is 5.52 Å². The van der Waals surface area contributed by atoms with Crippen molar-refractivity contribution in [1.82, 2.24) is 14.9 Å². The second-order valence-corrected chi connectivity index (χ2v) is 4.54. The minimum Gasteiger partial charge on any atom is -0.494 e. The lowest BCUT2D eigenvalue weighted by atomic mass is 10.3. The molecule has 0 atom stereocenters. The first-order valence-electron chi connectivity index (χ1n) is 6.10. The van der Waals surface area contributed by atoms with Gasteiger partial charge in [-0.05, 0) is 0 Å². The van der Waals surface area contributed by atoms with Crippen LogP contribution in [-0.4, -0.2) is 29.1 Å². The Hall–Kier alpha value is -1.82. The van der Waals surface area contributed by atoms with E-state index in [1.165, 1.54) is 20.1 Å². The number of rotatable bonds is 5. The second-order valence-electron chi connectivity index (χ2n) is 4.27. The van der Waals surface area contributed by atoms with Gasteiger partial charge in [-0.25, -0.2) is 9.37 Å². The van der Waals surface area contributed by atoms with Crippen molar-refractivity contribution in [2.45, 2.75) is 19.3 Å². The second kappa shape index (κ2) is 6.09. The van der Waals surface area contributed by atoms with E-state index in [0.29, 0.717) is 24.4 Å². The smallest absolute Gasteiger partial charge is 0.216 e. The highest BCUT2D eigenvalue weighted by Gasteiger charge is 2.14. The molecule has 7 heteroatoms. The molecule has 2 aromatic rings. The Morgan fingerprint density at radius 2 is 2.30 bits per heavy atom. The number of hydrogen-bond acceptors (Lipinski definition) is 3. The third-order valence-electron chi connectivity index (χ3n) is 2.93. The lowest BCUT2D eigenvalue weighted by molar-refractivity contribution is -0.118. The zero-order chi connectivity index (χ0) is 14.7. The van der Waals surface area contributed by atoms with E-state index in [-0.39, 0.29) is 17.5 Å². The Morgan fingerprint density at radius 1 is 1.55 bits per heavy atom. The topological polar surface area (TPSA) is 56.1 Å². The number of carbonyl (C=O) groups excluding carboxylic acids is 1. The number of nitrogens with zero attached hydrogens (tertiary/aromatic N) is 2. The van der Waals surface area contributed by atoms with Crippen molar-refractivity contribution in [3.8, 4) is 5.75 Å². The summed E-state index contributed by atoms with van der Waals surface area (Å²) in [5.41, 5.74) is 1.24. The van der Waals surface area contributed by atoms with Crippen LogP contribution in [0.5, 0.6) is 5.75 Å². The van der Waals surface area contributed by atoms with Gasteiger partial charge in [-0.3, -0.25) is 4.79 Å². The lowest BCUT2D eigenvalue weighted by Crippen LogP contribution is -2.24. The number of aromatic nitrogens is 2. The molecule has 1 aromatic heterocycles. The van der Waals surface area contributed by atoms with E-state index in [1.54, 1.807) is 6.07 Å². The maximum Gasteiger partial charge on any atom is 0.216 e. The molecular weight excluding hydrogens is 285 g/mol. The summed E-state index contributed by atoms with van der Waals surface area (Å²) in [6.45, 7) is 2.41. The van der Waals surface area contributed by atoms with Crippen LogP contribution < -0.4 is 10.1 Å². The van der Waals surface area contributed by atoms with E-state index in [1.807, 2.05) is 4.57 Å². The molecule has 0 radical (unpaired) electrons. The van der Waals surface area contributed by atoms with Gasteiger partial charge >= 0.3 is 0 Å². The van der Waals surface area contributed by atoms with Gasteiger partial charge in [0.25, 0.3) is 0 Å². The van der Waals surface area contributed by atoms with Crippen LogP contribution in [0.15, 0.2) is 12.1 Å². The van der Waals surface area contributed by atoms with E-state index in [9.17, 15) is 9.18 Å². The SMILES string of the molecule is COc1cc2c(cc1F)nc(CCl)n2CCNC(C)=O. The van der Waals surface area contributed by atoms with E-state index >= 15 is 0 Å². The quantitative estimate of drug-likeness (QED) is 0.860. The zero-order valence-corrected chi connectivity index (χ0v) is 12.0. The summed E-state index contributed by atoms with van der Waals surface area (Å²) in [6, 6.07) is 2.90. The number of hydrogen-bond donors (Lipinski definition) is 1. The summed E-state index contributed by atoms with van der Waals surface area (Å²) >= 11 is 5.86. The predicted molar refractivity (Wildman–Crippen MR) is 74.5 cm³/mol.